The average molecular weight is 94.1 g/mol. The van der Waals surface area contributed by atoms with Crippen LogP contribution in [0, 0.1) is 17.7 Å². The van der Waals surface area contributed by atoms with Gasteiger partial charge in [-0.05, 0) is 0 Å². The normalized spacial score (nSPS) is 7.86. The first-order valence-corrected chi connectivity index (χ1v) is 1.53. The van der Waals surface area contributed by atoms with Crippen LogP contribution in [0.15, 0.2) is 4.52 Å². The Hall–Kier alpha value is -1.37. The van der Waals surface area contributed by atoms with Crippen LogP contribution in [-0.2, 0) is 0 Å². The van der Waals surface area contributed by atoms with Crippen LogP contribution in [0.2, 0.25) is 0 Å². The van der Waals surface area contributed by atoms with Crippen LogP contribution in [-0.4, -0.2) is 10.1 Å². The smallest absolute Gasteiger partial charge is 0.322 e. The topological polar surface area (TPSA) is 62.7 Å². The molecule has 0 saturated carbocycles. The molecule has 0 amide bonds. The standard InChI is InChI=1S/C3N3O/c4-1-3-5-2-6-7-3. The summed E-state index contributed by atoms with van der Waals surface area (Å²) in [6.07, 6.45) is 2.09. The van der Waals surface area contributed by atoms with Gasteiger partial charge in [0, 0.05) is 0 Å². The summed E-state index contributed by atoms with van der Waals surface area (Å²) in [4.78, 5) is 3.27. The molecule has 0 spiro atoms. The zero-order chi connectivity index (χ0) is 5.11. The number of aromatic nitrogens is 2. The molecule has 1 aromatic heterocycles. The van der Waals surface area contributed by atoms with E-state index in [4.69, 9.17) is 5.26 Å². The van der Waals surface area contributed by atoms with Gasteiger partial charge < -0.3 is 4.52 Å². The maximum atomic E-state index is 7.96. The van der Waals surface area contributed by atoms with Gasteiger partial charge in [-0.15, -0.1) is 0 Å². The van der Waals surface area contributed by atoms with Crippen molar-refractivity contribution < 1.29 is 4.52 Å². The Kier molecular flexibility index (Phi) is 0.755. The van der Waals surface area contributed by atoms with Gasteiger partial charge in [-0.25, -0.2) is 0 Å². The first kappa shape index (κ1) is 3.81. The Bertz CT molecular complexity index is 173. The molecule has 0 atom stereocenters. The summed E-state index contributed by atoms with van der Waals surface area (Å²) < 4.78 is 4.20. The van der Waals surface area contributed by atoms with E-state index in [1.54, 1.807) is 6.07 Å². The molecule has 4 nitrogen and oxygen atoms in total. The second kappa shape index (κ2) is 1.39. The quantitative estimate of drug-likeness (QED) is 0.444. The van der Waals surface area contributed by atoms with Crippen LogP contribution in [0.4, 0.5) is 0 Å². The second-order valence-electron chi connectivity index (χ2n) is 0.811. The Morgan fingerprint density at radius 2 is 2.71 bits per heavy atom. The van der Waals surface area contributed by atoms with Crippen LogP contribution < -0.4 is 0 Å². The third-order valence-electron chi connectivity index (χ3n) is 0.420. The van der Waals surface area contributed by atoms with Crippen molar-refractivity contribution >= 4 is 0 Å². The van der Waals surface area contributed by atoms with Crippen molar-refractivity contribution in [3.63, 3.8) is 0 Å². The summed E-state index contributed by atoms with van der Waals surface area (Å²) in [5, 5.41) is 11.0. The van der Waals surface area contributed by atoms with Crippen LogP contribution in [0.3, 0.4) is 0 Å². The monoisotopic (exact) mass is 94.0 g/mol. The first-order chi connectivity index (χ1) is 3.43. The Balaban J connectivity index is 3.04. The first-order valence-electron chi connectivity index (χ1n) is 1.53. The summed E-state index contributed by atoms with van der Waals surface area (Å²) in [7, 11) is 0. The van der Waals surface area contributed by atoms with Gasteiger partial charge >= 0.3 is 5.89 Å². The number of rotatable bonds is 0. The Labute approximate surface area is 39.4 Å². The van der Waals surface area contributed by atoms with E-state index in [1.807, 2.05) is 0 Å². The van der Waals surface area contributed by atoms with E-state index in [2.05, 4.69) is 21.0 Å². The predicted octanol–water partition coefficient (Wildman–Crippen LogP) is -0.259. The maximum Gasteiger partial charge on any atom is 0.329 e. The molecule has 7 heavy (non-hydrogen) atoms. The molecule has 0 bridgehead atoms. The van der Waals surface area contributed by atoms with E-state index in [0.29, 0.717) is 0 Å². The van der Waals surface area contributed by atoms with E-state index < -0.39 is 0 Å². The summed E-state index contributed by atoms with van der Waals surface area (Å²) in [6, 6.07) is 1.64. The molecule has 0 unspecified atom stereocenters. The highest BCUT2D eigenvalue weighted by molar-refractivity contribution is 5.00. The number of hydrogen-bond acceptors (Lipinski definition) is 4. The van der Waals surface area contributed by atoms with Gasteiger partial charge in [-0.3, -0.25) is 0 Å². The number of nitrogens with zero attached hydrogens (tertiary/aromatic N) is 3. The molecule has 1 rings (SSSR count). The molecular weight excluding hydrogens is 94.1 g/mol. The van der Waals surface area contributed by atoms with Gasteiger partial charge in [0.2, 0.25) is 6.33 Å². The van der Waals surface area contributed by atoms with Crippen molar-refractivity contribution in [2.45, 2.75) is 0 Å². The van der Waals surface area contributed by atoms with Crippen molar-refractivity contribution in [1.29, 1.82) is 5.26 Å². The number of nitriles is 1. The molecule has 0 aliphatic heterocycles. The van der Waals surface area contributed by atoms with E-state index in [9.17, 15) is 0 Å². The Morgan fingerprint density at radius 1 is 1.86 bits per heavy atom. The minimum Gasteiger partial charge on any atom is -0.322 e. The van der Waals surface area contributed by atoms with Gasteiger partial charge in [-0.2, -0.15) is 10.2 Å². The third-order valence-corrected chi connectivity index (χ3v) is 0.420. The van der Waals surface area contributed by atoms with Gasteiger partial charge in [0.05, 0.1) is 0 Å². The fourth-order valence-corrected chi connectivity index (χ4v) is 0.195. The fraction of sp³-hybridized carbons (Fsp3) is 0. The second-order valence-corrected chi connectivity index (χ2v) is 0.811. The lowest BCUT2D eigenvalue weighted by Gasteiger charge is -1.59. The Morgan fingerprint density at radius 3 is 3.00 bits per heavy atom. The van der Waals surface area contributed by atoms with Crippen LogP contribution in [0.1, 0.15) is 5.89 Å². The zero-order valence-electron chi connectivity index (χ0n) is 3.25. The van der Waals surface area contributed by atoms with E-state index in [-0.39, 0.29) is 5.89 Å². The van der Waals surface area contributed by atoms with Gasteiger partial charge in [0.25, 0.3) is 0 Å². The SMILES string of the molecule is N#Cc1n[c]no1. The van der Waals surface area contributed by atoms with Gasteiger partial charge in [0.1, 0.15) is 0 Å². The summed E-state index contributed by atoms with van der Waals surface area (Å²) in [6.45, 7) is 0. The van der Waals surface area contributed by atoms with Crippen molar-refractivity contribution in [2.75, 3.05) is 0 Å². The van der Waals surface area contributed by atoms with Gasteiger partial charge in [0.15, 0.2) is 6.07 Å². The van der Waals surface area contributed by atoms with Crippen molar-refractivity contribution in [2.24, 2.45) is 0 Å². The number of hydrogen-bond donors (Lipinski definition) is 0. The molecule has 4 heteroatoms. The molecule has 0 fully saturated rings. The molecule has 0 aliphatic rings. The van der Waals surface area contributed by atoms with Crippen molar-refractivity contribution in [3.8, 4) is 6.07 Å². The molecule has 0 saturated heterocycles. The summed E-state index contributed by atoms with van der Waals surface area (Å²) in [5.41, 5.74) is 0. The summed E-state index contributed by atoms with van der Waals surface area (Å²) in [5.74, 6) is -0.0556. The zero-order valence-corrected chi connectivity index (χ0v) is 3.25. The van der Waals surface area contributed by atoms with E-state index in [1.165, 1.54) is 0 Å². The van der Waals surface area contributed by atoms with Gasteiger partial charge in [-0.1, -0.05) is 5.16 Å². The molecule has 1 heterocycles. The average Bonchev–Trinajstić information content (AvgIpc) is 2.14. The molecule has 1 radical (unpaired) electrons. The third kappa shape index (κ3) is 0.550. The largest absolute Gasteiger partial charge is 0.329 e. The molecule has 0 aromatic carbocycles. The maximum absolute atomic E-state index is 7.96. The molecule has 1 aromatic rings. The highest BCUT2D eigenvalue weighted by Gasteiger charge is 1.89. The highest BCUT2D eigenvalue weighted by atomic mass is 16.5. The molecule has 33 valence electrons. The summed E-state index contributed by atoms with van der Waals surface area (Å²) >= 11 is 0. The molecule has 0 aliphatic carbocycles. The molecule has 0 N–H and O–H groups in total. The lowest BCUT2D eigenvalue weighted by Crippen LogP contribution is -1.64. The van der Waals surface area contributed by atoms with E-state index in [0.717, 1.165) is 0 Å². The predicted molar refractivity (Wildman–Crippen MR) is 17.8 cm³/mol. The van der Waals surface area contributed by atoms with Crippen molar-refractivity contribution in [1.82, 2.24) is 10.1 Å². The minimum absolute atomic E-state index is 0.0556. The van der Waals surface area contributed by atoms with Crippen LogP contribution >= 0.6 is 0 Å². The van der Waals surface area contributed by atoms with Crippen molar-refractivity contribution in [3.05, 3.63) is 12.2 Å². The lowest BCUT2D eigenvalue weighted by atomic mass is 10.8. The lowest BCUT2D eigenvalue weighted by molar-refractivity contribution is 0.405. The van der Waals surface area contributed by atoms with Crippen LogP contribution in [0.25, 0.3) is 0 Å². The highest BCUT2D eigenvalue weighted by Crippen LogP contribution is 1.81. The molecular formula is C3N3O. The minimum atomic E-state index is -0.0556. The van der Waals surface area contributed by atoms with E-state index >= 15 is 0 Å². The fourth-order valence-electron chi connectivity index (χ4n) is 0.195. The van der Waals surface area contributed by atoms with Crippen LogP contribution in [0.5, 0.6) is 0 Å².